The normalized spacial score (nSPS) is 13.7. The van der Waals surface area contributed by atoms with Crippen molar-refractivity contribution < 1.29 is 4.74 Å². The van der Waals surface area contributed by atoms with Crippen molar-refractivity contribution in [2.75, 3.05) is 19.0 Å². The number of aromatic nitrogens is 1. The van der Waals surface area contributed by atoms with Gasteiger partial charge in [-0.3, -0.25) is 5.41 Å². The summed E-state index contributed by atoms with van der Waals surface area (Å²) >= 11 is 0. The van der Waals surface area contributed by atoms with Crippen molar-refractivity contribution in [2.24, 2.45) is 5.73 Å². The van der Waals surface area contributed by atoms with Crippen LogP contribution in [0.15, 0.2) is 42.5 Å². The highest BCUT2D eigenvalue weighted by Gasteiger charge is 2.28. The molecule has 0 atom stereocenters. The molecule has 0 saturated heterocycles. The smallest absolute Gasteiger partial charge is 0.121 e. The first-order valence-corrected chi connectivity index (χ1v) is 9.94. The van der Waals surface area contributed by atoms with E-state index < -0.39 is 0 Å². The summed E-state index contributed by atoms with van der Waals surface area (Å²) in [6, 6.07) is 16.9. The van der Waals surface area contributed by atoms with Crippen LogP contribution in [0.4, 0.5) is 5.69 Å². The van der Waals surface area contributed by atoms with Crippen molar-refractivity contribution in [3.63, 3.8) is 0 Å². The molecule has 1 saturated carbocycles. The number of nitrogens with zero attached hydrogens (tertiary/aromatic N) is 2. The molecule has 4 rings (SSSR count). The summed E-state index contributed by atoms with van der Waals surface area (Å²) in [6.07, 6.45) is 3.84. The first-order chi connectivity index (χ1) is 14.1. The van der Waals surface area contributed by atoms with Crippen LogP contribution in [0.2, 0.25) is 0 Å². The first-order valence-electron chi connectivity index (χ1n) is 9.94. The fraction of sp³-hybridized carbons (Fsp3) is 0.304. The van der Waals surface area contributed by atoms with Crippen LogP contribution in [-0.2, 0) is 0 Å². The summed E-state index contributed by atoms with van der Waals surface area (Å²) in [7, 11) is 1.90. The van der Waals surface area contributed by atoms with Crippen molar-refractivity contribution in [1.29, 1.82) is 10.7 Å². The third-order valence-corrected chi connectivity index (χ3v) is 5.61. The Kier molecular flexibility index (Phi) is 5.13. The van der Waals surface area contributed by atoms with Crippen LogP contribution in [0.1, 0.15) is 37.3 Å². The van der Waals surface area contributed by atoms with Crippen molar-refractivity contribution >= 4 is 22.4 Å². The van der Waals surface area contributed by atoms with Crippen molar-refractivity contribution in [1.82, 2.24) is 4.57 Å². The van der Waals surface area contributed by atoms with Crippen LogP contribution < -0.4 is 15.8 Å². The fourth-order valence-electron chi connectivity index (χ4n) is 3.87. The Labute approximate surface area is 170 Å². The maximum atomic E-state index is 9.99. The van der Waals surface area contributed by atoms with Gasteiger partial charge in [-0.15, -0.1) is 0 Å². The maximum absolute atomic E-state index is 9.99. The second-order valence-electron chi connectivity index (χ2n) is 7.42. The van der Waals surface area contributed by atoms with E-state index in [4.69, 9.17) is 15.9 Å². The zero-order valence-electron chi connectivity index (χ0n) is 16.5. The molecule has 1 aliphatic rings. The Bertz CT molecular complexity index is 1090. The molecular formula is C23H25N5O. The van der Waals surface area contributed by atoms with Crippen LogP contribution in [0.25, 0.3) is 22.2 Å². The Morgan fingerprint density at radius 1 is 1.28 bits per heavy atom. The first kappa shape index (κ1) is 18.9. The van der Waals surface area contributed by atoms with Gasteiger partial charge in [0.25, 0.3) is 0 Å². The molecule has 6 nitrogen and oxygen atoms in total. The minimum absolute atomic E-state index is 0.114. The molecule has 0 unspecified atom stereocenters. The molecule has 0 radical (unpaired) electrons. The number of fused-ring (bicyclic) bond motifs is 1. The maximum Gasteiger partial charge on any atom is 0.121 e. The number of anilines is 1. The summed E-state index contributed by atoms with van der Waals surface area (Å²) in [6.45, 7) is 0.369. The zero-order valence-corrected chi connectivity index (χ0v) is 16.5. The third kappa shape index (κ3) is 3.52. The van der Waals surface area contributed by atoms with Crippen LogP contribution in [0.5, 0.6) is 5.75 Å². The van der Waals surface area contributed by atoms with Gasteiger partial charge in [0.15, 0.2) is 0 Å². The van der Waals surface area contributed by atoms with Gasteiger partial charge in [-0.1, -0.05) is 12.1 Å². The van der Waals surface area contributed by atoms with Crippen LogP contribution in [-0.4, -0.2) is 24.1 Å². The lowest BCUT2D eigenvalue weighted by Gasteiger charge is -2.30. The lowest BCUT2D eigenvalue weighted by Crippen LogP contribution is -2.18. The molecule has 0 aliphatic heterocycles. The predicted molar refractivity (Wildman–Crippen MR) is 117 cm³/mol. The average molecular weight is 387 g/mol. The standard InChI is InChI=1S/C23H25N5O/c1-27-16-7-5-15(6-8-16)23-20(14-24)19-10-9-18(29-12-11-22(25)26)13-21(19)28(23)17-3-2-4-17/h5-10,13,17,27H,2-4,11-12H2,1H3,(H3,25,26). The number of rotatable bonds is 7. The number of hydrogen-bond acceptors (Lipinski definition) is 4. The molecule has 148 valence electrons. The van der Waals surface area contributed by atoms with Crippen LogP contribution >= 0.6 is 0 Å². The van der Waals surface area contributed by atoms with Crippen LogP contribution in [0, 0.1) is 16.7 Å². The quantitative estimate of drug-likeness (QED) is 0.406. The van der Waals surface area contributed by atoms with E-state index in [0.29, 0.717) is 24.6 Å². The molecule has 1 fully saturated rings. The van der Waals surface area contributed by atoms with Gasteiger partial charge in [-0.2, -0.15) is 5.26 Å². The Balaban J connectivity index is 1.84. The number of amidine groups is 1. The number of nitriles is 1. The van der Waals surface area contributed by atoms with E-state index in [9.17, 15) is 5.26 Å². The minimum atomic E-state index is 0.114. The molecule has 0 bridgehead atoms. The van der Waals surface area contributed by atoms with E-state index in [0.717, 1.165) is 46.4 Å². The molecule has 1 aliphatic carbocycles. The van der Waals surface area contributed by atoms with E-state index in [2.05, 4.69) is 28.1 Å². The van der Waals surface area contributed by atoms with Crippen molar-refractivity contribution in [2.45, 2.75) is 31.7 Å². The predicted octanol–water partition coefficient (Wildman–Crippen LogP) is 4.65. The summed E-state index contributed by atoms with van der Waals surface area (Å²) in [4.78, 5) is 0. The second kappa shape index (κ2) is 7.88. The lowest BCUT2D eigenvalue weighted by atomic mass is 9.92. The highest BCUT2D eigenvalue weighted by Crippen LogP contribution is 2.43. The molecule has 6 heteroatoms. The topological polar surface area (TPSA) is 99.8 Å². The van der Waals surface area contributed by atoms with Gasteiger partial charge in [0, 0.05) is 36.7 Å². The zero-order chi connectivity index (χ0) is 20.4. The minimum Gasteiger partial charge on any atom is -0.493 e. The summed E-state index contributed by atoms with van der Waals surface area (Å²) < 4.78 is 8.13. The van der Waals surface area contributed by atoms with E-state index >= 15 is 0 Å². The van der Waals surface area contributed by atoms with Gasteiger partial charge in [0.05, 0.1) is 29.2 Å². The molecule has 1 heterocycles. The Morgan fingerprint density at radius 3 is 2.62 bits per heavy atom. The highest BCUT2D eigenvalue weighted by atomic mass is 16.5. The molecule has 2 aromatic carbocycles. The van der Waals surface area contributed by atoms with E-state index in [1.807, 2.05) is 37.4 Å². The van der Waals surface area contributed by atoms with E-state index in [1.165, 1.54) is 6.42 Å². The Morgan fingerprint density at radius 2 is 2.03 bits per heavy atom. The summed E-state index contributed by atoms with van der Waals surface area (Å²) in [5, 5.41) is 21.4. The van der Waals surface area contributed by atoms with E-state index in [-0.39, 0.29) is 5.84 Å². The molecular weight excluding hydrogens is 362 g/mol. The molecule has 3 aromatic rings. The number of benzene rings is 2. The molecule has 29 heavy (non-hydrogen) atoms. The summed E-state index contributed by atoms with van der Waals surface area (Å²) in [5.41, 5.74) is 10.2. The highest BCUT2D eigenvalue weighted by molar-refractivity contribution is 5.95. The number of nitrogens with one attached hydrogen (secondary N) is 2. The van der Waals surface area contributed by atoms with Gasteiger partial charge in [0.2, 0.25) is 0 Å². The molecule has 4 N–H and O–H groups in total. The van der Waals surface area contributed by atoms with Gasteiger partial charge < -0.3 is 20.4 Å². The third-order valence-electron chi connectivity index (χ3n) is 5.61. The lowest BCUT2D eigenvalue weighted by molar-refractivity contribution is 0.321. The average Bonchev–Trinajstić information content (AvgIpc) is 3.00. The van der Waals surface area contributed by atoms with Gasteiger partial charge in [-0.05, 0) is 49.1 Å². The summed E-state index contributed by atoms with van der Waals surface area (Å²) in [5.74, 6) is 0.849. The van der Waals surface area contributed by atoms with Gasteiger partial charge in [-0.25, -0.2) is 0 Å². The monoisotopic (exact) mass is 387 g/mol. The number of ether oxygens (including phenoxy) is 1. The molecule has 1 aromatic heterocycles. The Hall–Kier alpha value is -3.46. The number of hydrogen-bond donors (Lipinski definition) is 3. The number of nitrogens with two attached hydrogens (primary N) is 1. The van der Waals surface area contributed by atoms with Gasteiger partial charge in [0.1, 0.15) is 11.8 Å². The molecule has 0 spiro atoms. The fourth-order valence-corrected chi connectivity index (χ4v) is 3.87. The second-order valence-corrected chi connectivity index (χ2v) is 7.42. The molecule has 0 amide bonds. The van der Waals surface area contributed by atoms with Crippen molar-refractivity contribution in [3.05, 3.63) is 48.0 Å². The SMILES string of the molecule is CNc1ccc(-c2c(C#N)c3ccc(OCCC(=N)N)cc3n2C2CCC2)cc1. The largest absolute Gasteiger partial charge is 0.493 e. The van der Waals surface area contributed by atoms with Crippen molar-refractivity contribution in [3.8, 4) is 23.1 Å². The van der Waals surface area contributed by atoms with Crippen LogP contribution in [0.3, 0.4) is 0 Å². The van der Waals surface area contributed by atoms with E-state index in [1.54, 1.807) is 0 Å². The van der Waals surface area contributed by atoms with Gasteiger partial charge >= 0.3 is 0 Å².